The number of H-pyrrole nitrogens is 1. The molecule has 2 bridgehead atoms. The second kappa shape index (κ2) is 7.88. The topological polar surface area (TPSA) is 104 Å². The summed E-state index contributed by atoms with van der Waals surface area (Å²) in [5.74, 6) is 1.20. The molecule has 3 atom stereocenters. The first-order valence-corrected chi connectivity index (χ1v) is 11.4. The quantitative estimate of drug-likeness (QED) is 0.618. The van der Waals surface area contributed by atoms with Gasteiger partial charge in [0, 0.05) is 36.4 Å². The monoisotopic (exact) mass is 436 g/mol. The Labute approximate surface area is 184 Å². The fourth-order valence-electron chi connectivity index (χ4n) is 5.25. The van der Waals surface area contributed by atoms with Gasteiger partial charge in [0.1, 0.15) is 5.82 Å². The van der Waals surface area contributed by atoms with Gasteiger partial charge in [-0.15, -0.1) is 11.3 Å². The Balaban J connectivity index is 1.35. The van der Waals surface area contributed by atoms with E-state index in [0.29, 0.717) is 24.5 Å². The van der Waals surface area contributed by atoms with Crippen molar-refractivity contribution in [3.05, 3.63) is 52.7 Å². The summed E-state index contributed by atoms with van der Waals surface area (Å²) in [6.07, 6.45) is 3.02. The molecule has 4 heterocycles. The standard InChI is InChI=1S/C22H24N6O2S/c1-14(29)28-17-7-8-18(28)22(10-17,9-16-12-31-13-24-16)21(30)23-11-19-25-20(27-26-19)15-5-3-2-4-6-15/h2-6,12-13,17-18H,7-11H2,1H3,(H,23,30)(H,25,26,27)/t17-,18+,22+/m1/s1. The van der Waals surface area contributed by atoms with Crippen LogP contribution in [0.3, 0.4) is 0 Å². The van der Waals surface area contributed by atoms with Crippen LogP contribution in [-0.2, 0) is 22.6 Å². The van der Waals surface area contributed by atoms with Gasteiger partial charge >= 0.3 is 0 Å². The highest BCUT2D eigenvalue weighted by molar-refractivity contribution is 7.07. The van der Waals surface area contributed by atoms with Crippen molar-refractivity contribution in [3.63, 3.8) is 0 Å². The van der Waals surface area contributed by atoms with Crippen LogP contribution in [0.1, 0.15) is 37.7 Å². The van der Waals surface area contributed by atoms with Crippen molar-refractivity contribution in [1.29, 1.82) is 0 Å². The van der Waals surface area contributed by atoms with E-state index in [9.17, 15) is 9.59 Å². The second-order valence-electron chi connectivity index (χ2n) is 8.34. The predicted molar refractivity (Wildman–Crippen MR) is 116 cm³/mol. The molecule has 2 N–H and O–H groups in total. The van der Waals surface area contributed by atoms with Gasteiger partial charge < -0.3 is 10.2 Å². The lowest BCUT2D eigenvalue weighted by Crippen LogP contribution is -2.51. The summed E-state index contributed by atoms with van der Waals surface area (Å²) in [5.41, 5.74) is 2.95. The molecule has 0 radical (unpaired) electrons. The summed E-state index contributed by atoms with van der Waals surface area (Å²) < 4.78 is 0. The zero-order valence-corrected chi connectivity index (χ0v) is 18.1. The van der Waals surface area contributed by atoms with E-state index < -0.39 is 5.41 Å². The molecule has 31 heavy (non-hydrogen) atoms. The van der Waals surface area contributed by atoms with Crippen LogP contribution in [0, 0.1) is 5.41 Å². The summed E-state index contributed by atoms with van der Waals surface area (Å²) in [6.45, 7) is 1.86. The molecule has 0 aliphatic carbocycles. The molecular weight excluding hydrogens is 412 g/mol. The molecule has 5 rings (SSSR count). The Morgan fingerprint density at radius 2 is 2.13 bits per heavy atom. The largest absolute Gasteiger partial charge is 0.348 e. The minimum absolute atomic E-state index is 0.0446. The maximum absolute atomic E-state index is 13.6. The molecule has 2 amide bonds. The Morgan fingerprint density at radius 3 is 2.84 bits per heavy atom. The van der Waals surface area contributed by atoms with Gasteiger partial charge in [0.15, 0.2) is 5.82 Å². The smallest absolute Gasteiger partial charge is 0.229 e. The summed E-state index contributed by atoms with van der Waals surface area (Å²) in [5, 5.41) is 12.2. The van der Waals surface area contributed by atoms with E-state index in [4.69, 9.17) is 0 Å². The van der Waals surface area contributed by atoms with Crippen LogP contribution in [0.5, 0.6) is 0 Å². The van der Waals surface area contributed by atoms with Crippen LogP contribution in [0.15, 0.2) is 41.2 Å². The molecule has 2 fully saturated rings. The first kappa shape index (κ1) is 19.9. The lowest BCUT2D eigenvalue weighted by molar-refractivity contribution is -0.135. The van der Waals surface area contributed by atoms with Crippen LogP contribution < -0.4 is 5.32 Å². The van der Waals surface area contributed by atoms with Gasteiger partial charge in [-0.2, -0.15) is 5.10 Å². The average Bonchev–Trinajstić information content (AvgIpc) is 3.56. The highest BCUT2D eigenvalue weighted by atomic mass is 32.1. The second-order valence-corrected chi connectivity index (χ2v) is 9.06. The maximum atomic E-state index is 13.6. The molecule has 3 aromatic rings. The number of hydrogen-bond donors (Lipinski definition) is 2. The lowest BCUT2D eigenvalue weighted by Gasteiger charge is -2.35. The van der Waals surface area contributed by atoms with E-state index in [2.05, 4.69) is 25.5 Å². The number of benzene rings is 1. The number of nitrogens with zero attached hydrogens (tertiary/aromatic N) is 4. The van der Waals surface area contributed by atoms with Crippen LogP contribution in [0.4, 0.5) is 0 Å². The Morgan fingerprint density at radius 1 is 1.29 bits per heavy atom. The molecule has 2 aliphatic rings. The number of rotatable bonds is 6. The molecule has 0 unspecified atom stereocenters. The van der Waals surface area contributed by atoms with Crippen molar-refractivity contribution in [2.75, 3.05) is 0 Å². The summed E-state index contributed by atoms with van der Waals surface area (Å²) >= 11 is 1.52. The van der Waals surface area contributed by atoms with E-state index in [1.54, 1.807) is 12.4 Å². The van der Waals surface area contributed by atoms with Crippen molar-refractivity contribution in [3.8, 4) is 11.4 Å². The molecule has 9 heteroatoms. The zero-order valence-electron chi connectivity index (χ0n) is 17.2. The third kappa shape index (κ3) is 3.52. The number of carbonyl (C=O) groups excluding carboxylic acids is 2. The van der Waals surface area contributed by atoms with Gasteiger partial charge in [-0.3, -0.25) is 14.7 Å². The van der Waals surface area contributed by atoms with Gasteiger partial charge in [0.05, 0.1) is 23.2 Å². The molecule has 8 nitrogen and oxygen atoms in total. The van der Waals surface area contributed by atoms with E-state index in [-0.39, 0.29) is 30.4 Å². The third-order valence-corrected chi connectivity index (χ3v) is 7.15. The number of aromatic nitrogens is 4. The number of carbonyl (C=O) groups is 2. The number of amides is 2. The number of nitrogens with one attached hydrogen (secondary N) is 2. The first-order chi connectivity index (χ1) is 15.1. The zero-order chi connectivity index (χ0) is 21.4. The number of fused-ring (bicyclic) bond motifs is 2. The first-order valence-electron chi connectivity index (χ1n) is 10.5. The molecule has 0 spiro atoms. The van der Waals surface area contributed by atoms with Crippen molar-refractivity contribution < 1.29 is 9.59 Å². The Bertz CT molecular complexity index is 1080. The summed E-state index contributed by atoms with van der Waals surface area (Å²) in [7, 11) is 0. The number of aromatic amines is 1. The predicted octanol–water partition coefficient (Wildman–Crippen LogP) is 2.56. The van der Waals surface area contributed by atoms with Gasteiger partial charge in [-0.1, -0.05) is 30.3 Å². The molecule has 0 saturated carbocycles. The van der Waals surface area contributed by atoms with Crippen LogP contribution >= 0.6 is 11.3 Å². The third-order valence-electron chi connectivity index (χ3n) is 6.52. The molecule has 160 valence electrons. The average molecular weight is 437 g/mol. The van der Waals surface area contributed by atoms with E-state index in [1.807, 2.05) is 40.6 Å². The minimum Gasteiger partial charge on any atom is -0.348 e. The van der Waals surface area contributed by atoms with Gasteiger partial charge in [-0.25, -0.2) is 9.97 Å². The van der Waals surface area contributed by atoms with Crippen LogP contribution in [0.2, 0.25) is 0 Å². The fourth-order valence-corrected chi connectivity index (χ4v) is 5.81. The lowest BCUT2D eigenvalue weighted by atomic mass is 9.70. The van der Waals surface area contributed by atoms with Crippen LogP contribution in [-0.4, -0.2) is 49.0 Å². The van der Waals surface area contributed by atoms with Crippen molar-refractivity contribution in [2.24, 2.45) is 5.41 Å². The fraction of sp³-hybridized carbons (Fsp3) is 0.409. The summed E-state index contributed by atoms with van der Waals surface area (Å²) in [4.78, 5) is 36.7. The number of hydrogen-bond acceptors (Lipinski definition) is 6. The normalized spacial score (nSPS) is 24.5. The highest BCUT2D eigenvalue weighted by Crippen LogP contribution is 2.51. The molecule has 1 aromatic carbocycles. The molecule has 2 saturated heterocycles. The van der Waals surface area contributed by atoms with E-state index >= 15 is 0 Å². The Kier molecular flexibility index (Phi) is 5.05. The van der Waals surface area contributed by atoms with E-state index in [1.165, 1.54) is 11.3 Å². The number of thiazole rings is 1. The molecule has 2 aliphatic heterocycles. The maximum Gasteiger partial charge on any atom is 0.229 e. The SMILES string of the molecule is CC(=O)N1[C@@H]2CC[C@H]1[C@@](Cc1cscn1)(C(=O)NCc1nc(-c3ccccc3)n[nH]1)C2. The van der Waals surface area contributed by atoms with Crippen molar-refractivity contribution >= 4 is 23.2 Å². The van der Waals surface area contributed by atoms with Gasteiger partial charge in [-0.05, 0) is 19.3 Å². The van der Waals surface area contributed by atoms with Crippen molar-refractivity contribution in [2.45, 2.75) is 51.2 Å². The molecular formula is C22H24N6O2S. The Hall–Kier alpha value is -3.07. The van der Waals surface area contributed by atoms with Gasteiger partial charge in [0.2, 0.25) is 11.8 Å². The minimum atomic E-state index is -0.662. The van der Waals surface area contributed by atoms with Crippen LogP contribution in [0.25, 0.3) is 11.4 Å². The van der Waals surface area contributed by atoms with E-state index in [0.717, 1.165) is 24.1 Å². The van der Waals surface area contributed by atoms with Crippen molar-refractivity contribution in [1.82, 2.24) is 30.4 Å². The molecule has 2 aromatic heterocycles. The summed E-state index contributed by atoms with van der Waals surface area (Å²) in [6, 6.07) is 9.74. The van der Waals surface area contributed by atoms with Gasteiger partial charge in [0.25, 0.3) is 0 Å². The highest BCUT2D eigenvalue weighted by Gasteiger charge is 2.60.